The van der Waals surface area contributed by atoms with E-state index >= 15 is 0 Å². The van der Waals surface area contributed by atoms with Gasteiger partial charge in [-0.05, 0) is 37.3 Å². The zero-order chi connectivity index (χ0) is 14.3. The highest BCUT2D eigenvalue weighted by Gasteiger charge is 2.33. The molecular formula is C16H13NO2S. The maximum absolute atomic E-state index is 11.7. The van der Waals surface area contributed by atoms with Crippen LogP contribution in [-0.2, 0) is 4.79 Å². The molecule has 0 atom stereocenters. The van der Waals surface area contributed by atoms with Crippen LogP contribution in [-0.4, -0.2) is 18.7 Å². The Kier molecular flexibility index (Phi) is 3.10. The van der Waals surface area contributed by atoms with Gasteiger partial charge in [-0.2, -0.15) is 0 Å². The molecule has 0 N–H and O–H groups in total. The summed E-state index contributed by atoms with van der Waals surface area (Å²) in [7, 11) is 1.63. The number of ketones is 1. The molecule has 2 aromatic carbocycles. The lowest BCUT2D eigenvalue weighted by atomic mass is 10.1. The lowest BCUT2D eigenvalue weighted by molar-refractivity contribution is -0.114. The van der Waals surface area contributed by atoms with Crippen molar-refractivity contribution in [3.63, 3.8) is 0 Å². The van der Waals surface area contributed by atoms with E-state index in [4.69, 9.17) is 0 Å². The van der Waals surface area contributed by atoms with Gasteiger partial charge in [-0.1, -0.05) is 29.5 Å². The molecule has 20 heavy (non-hydrogen) atoms. The molecular weight excluding hydrogens is 270 g/mol. The topological polar surface area (TPSA) is 37.4 Å². The first kappa shape index (κ1) is 12.9. The number of nitrogens with zero attached hydrogens (tertiary/aromatic N) is 1. The molecule has 2 aromatic rings. The zero-order valence-electron chi connectivity index (χ0n) is 11.2. The smallest absolute Gasteiger partial charge is 0.299 e. The van der Waals surface area contributed by atoms with Crippen LogP contribution in [0.5, 0.6) is 0 Å². The third-order valence-corrected chi connectivity index (χ3v) is 4.28. The first-order valence-corrected chi connectivity index (χ1v) is 7.09. The summed E-state index contributed by atoms with van der Waals surface area (Å²) in [4.78, 5) is 26.9. The Labute approximate surface area is 121 Å². The van der Waals surface area contributed by atoms with Crippen LogP contribution in [0.3, 0.4) is 0 Å². The average Bonchev–Trinajstić information content (AvgIpc) is 2.64. The average molecular weight is 283 g/mol. The molecule has 0 saturated heterocycles. The molecule has 3 nitrogen and oxygen atoms in total. The van der Waals surface area contributed by atoms with Crippen molar-refractivity contribution in [2.24, 2.45) is 0 Å². The van der Waals surface area contributed by atoms with Crippen LogP contribution in [0.4, 0.5) is 5.69 Å². The van der Waals surface area contributed by atoms with Crippen LogP contribution >= 0.6 is 11.8 Å². The van der Waals surface area contributed by atoms with Crippen LogP contribution in [0.25, 0.3) is 0 Å². The number of hydrogen-bond acceptors (Lipinski definition) is 3. The lowest BCUT2D eigenvalue weighted by Gasteiger charge is -2.10. The number of benzene rings is 2. The maximum atomic E-state index is 11.7. The predicted octanol–water partition coefficient (Wildman–Crippen LogP) is 3.31. The van der Waals surface area contributed by atoms with Crippen LogP contribution in [0.15, 0.2) is 52.3 Å². The van der Waals surface area contributed by atoms with Gasteiger partial charge >= 0.3 is 0 Å². The summed E-state index contributed by atoms with van der Waals surface area (Å²) in [6.45, 7) is 2.05. The Bertz CT molecular complexity index is 724. The minimum absolute atomic E-state index is 0.422. The second-order valence-electron chi connectivity index (χ2n) is 4.79. The fourth-order valence-corrected chi connectivity index (χ4v) is 3.21. The summed E-state index contributed by atoms with van der Waals surface area (Å²) >= 11 is 1.62. The number of carbonyl (C=O) groups excluding carboxylic acids is 2. The Morgan fingerprint density at radius 2 is 1.75 bits per heavy atom. The third-order valence-electron chi connectivity index (χ3n) is 3.30. The van der Waals surface area contributed by atoms with Crippen molar-refractivity contribution in [1.82, 2.24) is 0 Å². The Hall–Kier alpha value is -2.07. The van der Waals surface area contributed by atoms with E-state index in [1.165, 1.54) is 10.5 Å². The third kappa shape index (κ3) is 2.12. The molecule has 0 bridgehead atoms. The summed E-state index contributed by atoms with van der Waals surface area (Å²) in [5, 5.41) is 0. The highest BCUT2D eigenvalue weighted by atomic mass is 32.2. The fraction of sp³-hybridized carbons (Fsp3) is 0.125. The molecule has 0 unspecified atom stereocenters. The normalized spacial score (nSPS) is 13.8. The zero-order valence-corrected chi connectivity index (χ0v) is 12.0. The van der Waals surface area contributed by atoms with Gasteiger partial charge in [0.05, 0.1) is 11.3 Å². The van der Waals surface area contributed by atoms with E-state index in [-0.39, 0.29) is 0 Å². The summed E-state index contributed by atoms with van der Waals surface area (Å²) in [6, 6.07) is 13.7. The van der Waals surface area contributed by atoms with Gasteiger partial charge in [0.2, 0.25) is 0 Å². The lowest BCUT2D eigenvalue weighted by Crippen LogP contribution is -2.24. The van der Waals surface area contributed by atoms with Crippen molar-refractivity contribution < 1.29 is 9.59 Å². The number of fused-ring (bicyclic) bond motifs is 1. The van der Waals surface area contributed by atoms with Gasteiger partial charge < -0.3 is 4.90 Å². The number of aryl methyl sites for hydroxylation is 1. The second-order valence-corrected chi connectivity index (χ2v) is 5.94. The van der Waals surface area contributed by atoms with Gasteiger partial charge in [0, 0.05) is 16.8 Å². The second kappa shape index (κ2) is 4.80. The van der Waals surface area contributed by atoms with Crippen molar-refractivity contribution in [1.29, 1.82) is 0 Å². The molecule has 100 valence electrons. The number of anilines is 1. The minimum atomic E-state index is -0.460. The maximum Gasteiger partial charge on any atom is 0.299 e. The van der Waals surface area contributed by atoms with Gasteiger partial charge in [0.15, 0.2) is 0 Å². The number of Topliss-reactive ketones (excluding diaryl/α,β-unsaturated/α-hetero) is 1. The number of hydrogen-bond donors (Lipinski definition) is 0. The summed E-state index contributed by atoms with van der Waals surface area (Å²) in [5.74, 6) is -0.882. The predicted molar refractivity (Wildman–Crippen MR) is 79.5 cm³/mol. The van der Waals surface area contributed by atoms with Gasteiger partial charge in [-0.3, -0.25) is 9.59 Å². The number of carbonyl (C=O) groups is 2. The Morgan fingerprint density at radius 3 is 2.50 bits per heavy atom. The quantitative estimate of drug-likeness (QED) is 0.794. The number of rotatable bonds is 2. The molecule has 0 spiro atoms. The van der Waals surface area contributed by atoms with Crippen LogP contribution < -0.4 is 4.90 Å². The standard InChI is InChI=1S/C16H13NO2S/c1-10-4-3-5-11(8-10)20-12-6-7-13-14(9-12)17(2)16(19)15(13)18/h3-9H,1-2H3. The van der Waals surface area contributed by atoms with Crippen LogP contribution in [0.1, 0.15) is 15.9 Å². The largest absolute Gasteiger partial charge is 0.308 e. The molecule has 4 heteroatoms. The molecule has 3 rings (SSSR count). The van der Waals surface area contributed by atoms with Gasteiger partial charge in [-0.25, -0.2) is 0 Å². The molecule has 1 amide bonds. The van der Waals surface area contributed by atoms with E-state index in [2.05, 4.69) is 19.1 Å². The SMILES string of the molecule is Cc1cccc(Sc2ccc3c(c2)N(C)C(=O)C3=O)c1. The van der Waals surface area contributed by atoms with Crippen molar-refractivity contribution in [2.45, 2.75) is 16.7 Å². The van der Waals surface area contributed by atoms with Gasteiger partial charge in [0.1, 0.15) is 0 Å². The number of likely N-dealkylation sites (N-methyl/N-ethyl adjacent to an activating group) is 1. The van der Waals surface area contributed by atoms with E-state index in [1.54, 1.807) is 24.9 Å². The molecule has 1 aliphatic heterocycles. The molecule has 1 aliphatic rings. The van der Waals surface area contributed by atoms with E-state index in [1.807, 2.05) is 24.3 Å². The molecule has 0 aromatic heterocycles. The van der Waals surface area contributed by atoms with E-state index in [0.717, 1.165) is 9.79 Å². The van der Waals surface area contributed by atoms with Crippen LogP contribution in [0, 0.1) is 6.92 Å². The highest BCUT2D eigenvalue weighted by molar-refractivity contribution is 7.99. The first-order chi connectivity index (χ1) is 9.56. The first-order valence-electron chi connectivity index (χ1n) is 6.27. The summed E-state index contributed by atoms with van der Waals surface area (Å²) in [6.07, 6.45) is 0. The summed E-state index contributed by atoms with van der Waals surface area (Å²) in [5.41, 5.74) is 2.39. The minimum Gasteiger partial charge on any atom is -0.308 e. The van der Waals surface area contributed by atoms with E-state index < -0.39 is 11.7 Å². The monoisotopic (exact) mass is 283 g/mol. The van der Waals surface area contributed by atoms with E-state index in [0.29, 0.717) is 11.3 Å². The molecule has 0 radical (unpaired) electrons. The van der Waals surface area contributed by atoms with Crippen molar-refractivity contribution in [3.8, 4) is 0 Å². The van der Waals surface area contributed by atoms with E-state index in [9.17, 15) is 9.59 Å². The van der Waals surface area contributed by atoms with Crippen molar-refractivity contribution in [2.75, 3.05) is 11.9 Å². The Balaban J connectivity index is 1.94. The molecule has 0 aliphatic carbocycles. The highest BCUT2D eigenvalue weighted by Crippen LogP contribution is 2.35. The van der Waals surface area contributed by atoms with Gasteiger partial charge in [0.25, 0.3) is 11.7 Å². The number of amides is 1. The fourth-order valence-electron chi connectivity index (χ4n) is 2.24. The summed E-state index contributed by atoms with van der Waals surface area (Å²) < 4.78 is 0. The van der Waals surface area contributed by atoms with Crippen LogP contribution in [0.2, 0.25) is 0 Å². The molecule has 0 saturated carbocycles. The van der Waals surface area contributed by atoms with Gasteiger partial charge in [-0.15, -0.1) is 0 Å². The Morgan fingerprint density at radius 1 is 1.00 bits per heavy atom. The van der Waals surface area contributed by atoms with Crippen molar-refractivity contribution >= 4 is 29.1 Å². The molecule has 1 heterocycles. The van der Waals surface area contributed by atoms with Crippen molar-refractivity contribution in [3.05, 3.63) is 53.6 Å². The molecule has 0 fully saturated rings.